The van der Waals surface area contributed by atoms with Crippen molar-refractivity contribution in [3.63, 3.8) is 0 Å². The molecule has 27 heavy (non-hydrogen) atoms. The zero-order valence-corrected chi connectivity index (χ0v) is 16.8. The summed E-state index contributed by atoms with van der Waals surface area (Å²) in [6.45, 7) is 3.18. The molecule has 1 aliphatic heterocycles. The summed E-state index contributed by atoms with van der Waals surface area (Å²) in [6.07, 6.45) is 2.04. The van der Waals surface area contributed by atoms with Gasteiger partial charge in [0.05, 0.1) is 0 Å². The molecule has 0 fully saturated rings. The first-order chi connectivity index (χ1) is 13.2. The Hall–Kier alpha value is -1.80. The van der Waals surface area contributed by atoms with E-state index in [1.807, 2.05) is 24.3 Å². The first kappa shape index (κ1) is 18.6. The van der Waals surface area contributed by atoms with Crippen molar-refractivity contribution in [2.75, 3.05) is 6.54 Å². The van der Waals surface area contributed by atoms with Crippen LogP contribution in [0, 0.1) is 0 Å². The van der Waals surface area contributed by atoms with Crippen LogP contribution < -0.4 is 0 Å². The average Bonchev–Trinajstić information content (AvgIpc) is 3.10. The van der Waals surface area contributed by atoms with E-state index in [4.69, 9.17) is 23.2 Å². The van der Waals surface area contributed by atoms with Crippen LogP contribution in [0.4, 0.5) is 0 Å². The van der Waals surface area contributed by atoms with E-state index in [1.54, 1.807) is 0 Å². The first-order valence-electron chi connectivity index (χ1n) is 9.47. The number of benzene rings is 3. The van der Waals surface area contributed by atoms with Crippen molar-refractivity contribution in [3.05, 3.63) is 105 Å². The number of hydrogen-bond acceptors (Lipinski definition) is 1. The van der Waals surface area contributed by atoms with Crippen LogP contribution >= 0.6 is 23.2 Å². The number of hydrogen-bond donors (Lipinski definition) is 0. The zero-order chi connectivity index (χ0) is 18.6. The molecule has 4 rings (SSSR count). The largest absolute Gasteiger partial charge is 0.295 e. The normalized spacial score (nSPS) is 14.9. The molecule has 0 amide bonds. The van der Waals surface area contributed by atoms with E-state index in [0.29, 0.717) is 5.92 Å². The van der Waals surface area contributed by atoms with Gasteiger partial charge in [0.1, 0.15) is 0 Å². The van der Waals surface area contributed by atoms with Crippen LogP contribution in [0.2, 0.25) is 10.0 Å². The van der Waals surface area contributed by atoms with Gasteiger partial charge < -0.3 is 0 Å². The van der Waals surface area contributed by atoms with Crippen LogP contribution in [0.15, 0.2) is 72.8 Å². The third kappa shape index (κ3) is 4.55. The van der Waals surface area contributed by atoms with Gasteiger partial charge in [-0.2, -0.15) is 0 Å². The third-order valence-electron chi connectivity index (χ3n) is 5.47. The van der Waals surface area contributed by atoms with Gasteiger partial charge in [-0.1, -0.05) is 77.8 Å². The predicted molar refractivity (Wildman–Crippen MR) is 115 cm³/mol. The van der Waals surface area contributed by atoms with Crippen molar-refractivity contribution in [2.45, 2.75) is 31.8 Å². The molecule has 0 bridgehead atoms. The van der Waals surface area contributed by atoms with Gasteiger partial charge in [-0.15, -0.1) is 0 Å². The Morgan fingerprint density at radius 1 is 0.778 bits per heavy atom. The molecule has 0 saturated heterocycles. The summed E-state index contributed by atoms with van der Waals surface area (Å²) < 4.78 is 0. The summed E-state index contributed by atoms with van der Waals surface area (Å²) >= 11 is 12.5. The molecular formula is C24H23Cl2N. The SMILES string of the molecule is Clc1ccc([C@@H](CCN2Cc3ccccc3C2)Cc2ccccc2Cl)cc1. The molecule has 1 aliphatic rings. The van der Waals surface area contributed by atoms with Gasteiger partial charge in [0.2, 0.25) is 0 Å². The minimum atomic E-state index is 0.422. The lowest BCUT2D eigenvalue weighted by Gasteiger charge is -2.22. The van der Waals surface area contributed by atoms with Crippen LogP contribution in [0.3, 0.4) is 0 Å². The van der Waals surface area contributed by atoms with Gasteiger partial charge in [-0.05, 0) is 65.8 Å². The summed E-state index contributed by atoms with van der Waals surface area (Å²) in [4.78, 5) is 2.54. The van der Waals surface area contributed by atoms with E-state index in [-0.39, 0.29) is 0 Å². The highest BCUT2D eigenvalue weighted by molar-refractivity contribution is 6.31. The number of nitrogens with zero attached hydrogens (tertiary/aromatic N) is 1. The Labute approximate surface area is 171 Å². The fourth-order valence-corrected chi connectivity index (χ4v) is 4.29. The topological polar surface area (TPSA) is 3.24 Å². The highest BCUT2D eigenvalue weighted by Crippen LogP contribution is 2.30. The molecule has 0 saturated carbocycles. The van der Waals surface area contributed by atoms with Crippen molar-refractivity contribution in [2.24, 2.45) is 0 Å². The van der Waals surface area contributed by atoms with Crippen LogP contribution in [-0.2, 0) is 19.5 Å². The van der Waals surface area contributed by atoms with Crippen LogP contribution in [0.25, 0.3) is 0 Å². The summed E-state index contributed by atoms with van der Waals surface area (Å²) in [7, 11) is 0. The molecule has 0 aliphatic carbocycles. The molecule has 3 aromatic carbocycles. The average molecular weight is 396 g/mol. The lowest BCUT2D eigenvalue weighted by Crippen LogP contribution is -2.20. The fourth-order valence-electron chi connectivity index (χ4n) is 3.95. The van der Waals surface area contributed by atoms with Crippen molar-refractivity contribution in [3.8, 4) is 0 Å². The van der Waals surface area contributed by atoms with E-state index in [2.05, 4.69) is 53.4 Å². The van der Waals surface area contributed by atoms with Crippen molar-refractivity contribution < 1.29 is 0 Å². The summed E-state index contributed by atoms with van der Waals surface area (Å²) in [5, 5.41) is 1.63. The fraction of sp³-hybridized carbons (Fsp3) is 0.250. The molecule has 3 heteroatoms. The van der Waals surface area contributed by atoms with Crippen LogP contribution in [0.1, 0.15) is 34.6 Å². The van der Waals surface area contributed by atoms with Gasteiger partial charge in [-0.3, -0.25) is 4.90 Å². The second-order valence-corrected chi connectivity index (χ2v) is 8.16. The van der Waals surface area contributed by atoms with Gasteiger partial charge in [0.25, 0.3) is 0 Å². The van der Waals surface area contributed by atoms with Crippen LogP contribution in [0.5, 0.6) is 0 Å². The molecule has 1 atom stereocenters. The summed E-state index contributed by atoms with van der Waals surface area (Å²) in [5.41, 5.74) is 5.47. The van der Waals surface area contributed by atoms with E-state index in [9.17, 15) is 0 Å². The second-order valence-electron chi connectivity index (χ2n) is 7.31. The molecule has 0 unspecified atom stereocenters. The van der Waals surface area contributed by atoms with Gasteiger partial charge in [0, 0.05) is 23.1 Å². The van der Waals surface area contributed by atoms with Gasteiger partial charge in [0.15, 0.2) is 0 Å². The maximum absolute atomic E-state index is 6.44. The van der Waals surface area contributed by atoms with Crippen LogP contribution in [-0.4, -0.2) is 11.4 Å². The minimum Gasteiger partial charge on any atom is -0.295 e. The van der Waals surface area contributed by atoms with E-state index < -0.39 is 0 Å². The Balaban J connectivity index is 1.48. The number of halogens is 2. The smallest absolute Gasteiger partial charge is 0.0438 e. The number of fused-ring (bicyclic) bond motifs is 1. The molecule has 0 N–H and O–H groups in total. The van der Waals surface area contributed by atoms with Crippen molar-refractivity contribution in [1.82, 2.24) is 4.90 Å². The summed E-state index contributed by atoms with van der Waals surface area (Å²) in [5.74, 6) is 0.422. The predicted octanol–water partition coefficient (Wildman–Crippen LogP) is 6.73. The lowest BCUT2D eigenvalue weighted by molar-refractivity contribution is 0.271. The number of rotatable bonds is 6. The van der Waals surface area contributed by atoms with Gasteiger partial charge >= 0.3 is 0 Å². The molecule has 0 radical (unpaired) electrons. The molecule has 0 aromatic heterocycles. The quantitative estimate of drug-likeness (QED) is 0.447. The molecule has 1 heterocycles. The van der Waals surface area contributed by atoms with E-state index in [0.717, 1.165) is 42.5 Å². The third-order valence-corrected chi connectivity index (χ3v) is 6.09. The Morgan fingerprint density at radius 3 is 2.07 bits per heavy atom. The Morgan fingerprint density at radius 2 is 1.41 bits per heavy atom. The maximum atomic E-state index is 6.44. The highest BCUT2D eigenvalue weighted by atomic mass is 35.5. The monoisotopic (exact) mass is 395 g/mol. The lowest BCUT2D eigenvalue weighted by atomic mass is 9.89. The minimum absolute atomic E-state index is 0.422. The zero-order valence-electron chi connectivity index (χ0n) is 15.2. The molecule has 138 valence electrons. The second kappa shape index (κ2) is 8.48. The molecule has 0 spiro atoms. The standard InChI is InChI=1S/C24H23Cl2N/c25-23-11-9-18(10-12-23)19(15-20-5-3-4-8-24(20)26)13-14-27-16-21-6-1-2-7-22(21)17-27/h1-12,19H,13-17H2/t19-/m0/s1. The molecule has 1 nitrogen and oxygen atoms in total. The molecular weight excluding hydrogens is 373 g/mol. The maximum Gasteiger partial charge on any atom is 0.0438 e. The van der Waals surface area contributed by atoms with E-state index >= 15 is 0 Å². The first-order valence-corrected chi connectivity index (χ1v) is 10.2. The highest BCUT2D eigenvalue weighted by Gasteiger charge is 2.21. The van der Waals surface area contributed by atoms with Crippen molar-refractivity contribution >= 4 is 23.2 Å². The Kier molecular flexibility index (Phi) is 5.83. The Bertz CT molecular complexity index is 879. The summed E-state index contributed by atoms with van der Waals surface area (Å²) in [6, 6.07) is 25.2. The van der Waals surface area contributed by atoms with Gasteiger partial charge in [-0.25, -0.2) is 0 Å². The van der Waals surface area contributed by atoms with Crippen molar-refractivity contribution in [1.29, 1.82) is 0 Å². The molecule has 3 aromatic rings. The van der Waals surface area contributed by atoms with E-state index in [1.165, 1.54) is 22.3 Å².